The van der Waals surface area contributed by atoms with E-state index in [-0.39, 0.29) is 11.8 Å². The smallest absolute Gasteiger partial charge is 0.232 e. The van der Waals surface area contributed by atoms with Crippen LogP contribution in [-0.2, 0) is 22.4 Å². The third-order valence-corrected chi connectivity index (χ3v) is 5.57. The van der Waals surface area contributed by atoms with E-state index in [1.807, 2.05) is 86.3 Å². The molecule has 0 aliphatic carbocycles. The lowest BCUT2D eigenvalue weighted by atomic mass is 9.94. The number of carbonyl (C=O) groups is 2. The lowest BCUT2D eigenvalue weighted by Gasteiger charge is -2.26. The van der Waals surface area contributed by atoms with Crippen LogP contribution in [0.2, 0.25) is 0 Å². The summed E-state index contributed by atoms with van der Waals surface area (Å²) in [6.45, 7) is 6.51. The Morgan fingerprint density at radius 1 is 0.903 bits per heavy atom. The Morgan fingerprint density at radius 2 is 1.58 bits per heavy atom. The molecule has 4 nitrogen and oxygen atoms in total. The van der Waals surface area contributed by atoms with Gasteiger partial charge in [0.05, 0.1) is 6.42 Å². The number of carbonyl (C=O) groups excluding carboxylic acids is 2. The van der Waals surface area contributed by atoms with Crippen LogP contribution in [0.1, 0.15) is 31.9 Å². The van der Waals surface area contributed by atoms with Crippen molar-refractivity contribution < 1.29 is 9.59 Å². The van der Waals surface area contributed by atoms with Crippen molar-refractivity contribution in [2.75, 3.05) is 16.8 Å². The first-order valence-electron chi connectivity index (χ1n) is 10.7. The summed E-state index contributed by atoms with van der Waals surface area (Å²) in [5, 5.41) is 3.00. The van der Waals surface area contributed by atoms with Gasteiger partial charge in [0.1, 0.15) is 0 Å². The van der Waals surface area contributed by atoms with Crippen LogP contribution in [0.3, 0.4) is 0 Å². The van der Waals surface area contributed by atoms with Crippen LogP contribution in [0.4, 0.5) is 11.4 Å². The summed E-state index contributed by atoms with van der Waals surface area (Å²) in [4.78, 5) is 27.1. The Kier molecular flexibility index (Phi) is 5.64. The molecule has 0 unspecified atom stereocenters. The van der Waals surface area contributed by atoms with Crippen molar-refractivity contribution in [1.29, 1.82) is 0 Å². The first kappa shape index (κ1) is 20.9. The lowest BCUT2D eigenvalue weighted by molar-refractivity contribution is -0.125. The Labute approximate surface area is 183 Å². The summed E-state index contributed by atoms with van der Waals surface area (Å²) in [6.07, 6.45) is 1.13. The van der Waals surface area contributed by atoms with Gasteiger partial charge in [0.15, 0.2) is 0 Å². The maximum atomic E-state index is 12.7. The third kappa shape index (κ3) is 4.69. The van der Waals surface area contributed by atoms with E-state index in [9.17, 15) is 9.59 Å². The van der Waals surface area contributed by atoms with Crippen molar-refractivity contribution in [3.8, 4) is 11.1 Å². The third-order valence-electron chi connectivity index (χ3n) is 5.57. The van der Waals surface area contributed by atoms with Crippen molar-refractivity contribution in [3.63, 3.8) is 0 Å². The number of hydrogen-bond donors (Lipinski definition) is 1. The fourth-order valence-corrected chi connectivity index (χ4v) is 3.93. The number of amides is 2. The van der Waals surface area contributed by atoms with Gasteiger partial charge in [-0.2, -0.15) is 0 Å². The second-order valence-electron chi connectivity index (χ2n) is 9.09. The molecule has 1 aliphatic heterocycles. The lowest BCUT2D eigenvalue weighted by Crippen LogP contribution is -2.38. The topological polar surface area (TPSA) is 49.4 Å². The molecule has 4 rings (SSSR count). The molecule has 3 aromatic rings. The van der Waals surface area contributed by atoms with Gasteiger partial charge in [0.25, 0.3) is 0 Å². The van der Waals surface area contributed by atoms with E-state index in [4.69, 9.17) is 0 Å². The summed E-state index contributed by atoms with van der Waals surface area (Å²) in [7, 11) is 0. The molecule has 0 aromatic heterocycles. The molecular weight excluding hydrogens is 384 g/mol. The molecule has 1 heterocycles. The van der Waals surface area contributed by atoms with Crippen LogP contribution < -0.4 is 10.2 Å². The average Bonchev–Trinajstić information content (AvgIpc) is 3.16. The molecule has 0 spiro atoms. The summed E-state index contributed by atoms with van der Waals surface area (Å²) >= 11 is 0. The number of anilines is 2. The highest BCUT2D eigenvalue weighted by molar-refractivity contribution is 5.99. The average molecular weight is 413 g/mol. The van der Waals surface area contributed by atoms with Gasteiger partial charge in [0, 0.05) is 23.3 Å². The zero-order chi connectivity index (χ0) is 22.0. The SMILES string of the molecule is CC(C)(C)C(=O)N1CCc2cc(NC(=O)Cc3ccc(-c4ccccc4)cc3)ccc21. The zero-order valence-corrected chi connectivity index (χ0v) is 18.3. The maximum Gasteiger partial charge on any atom is 0.232 e. The second kappa shape index (κ2) is 8.38. The number of fused-ring (bicyclic) bond motifs is 1. The quantitative estimate of drug-likeness (QED) is 0.618. The van der Waals surface area contributed by atoms with Crippen LogP contribution in [0.5, 0.6) is 0 Å². The molecule has 0 atom stereocenters. The van der Waals surface area contributed by atoms with E-state index in [1.54, 1.807) is 0 Å². The van der Waals surface area contributed by atoms with Gasteiger partial charge in [-0.25, -0.2) is 0 Å². The van der Waals surface area contributed by atoms with Crippen LogP contribution in [0, 0.1) is 5.41 Å². The van der Waals surface area contributed by atoms with Crippen molar-refractivity contribution in [3.05, 3.63) is 83.9 Å². The molecule has 0 bridgehead atoms. The second-order valence-corrected chi connectivity index (χ2v) is 9.09. The van der Waals surface area contributed by atoms with Gasteiger partial charge >= 0.3 is 0 Å². The summed E-state index contributed by atoms with van der Waals surface area (Å²) in [6, 6.07) is 24.1. The highest BCUT2D eigenvalue weighted by atomic mass is 16.2. The van der Waals surface area contributed by atoms with Gasteiger partial charge in [0.2, 0.25) is 11.8 Å². The Morgan fingerprint density at radius 3 is 2.26 bits per heavy atom. The van der Waals surface area contributed by atoms with Crippen molar-refractivity contribution >= 4 is 23.2 Å². The Balaban J connectivity index is 1.40. The molecule has 3 aromatic carbocycles. The number of nitrogens with zero attached hydrogens (tertiary/aromatic N) is 1. The predicted molar refractivity (Wildman–Crippen MR) is 126 cm³/mol. The molecule has 1 aliphatic rings. The Bertz CT molecular complexity index is 1100. The maximum absolute atomic E-state index is 12.7. The Hall–Kier alpha value is -3.40. The standard InChI is InChI=1S/C27H28N2O2/c1-27(2,3)26(31)29-16-15-22-18-23(13-14-24(22)29)28-25(30)17-19-9-11-21(12-10-19)20-7-5-4-6-8-20/h4-14,18H,15-17H2,1-3H3,(H,28,30). The van der Waals surface area contributed by atoms with Crippen molar-refractivity contribution in [1.82, 2.24) is 0 Å². The summed E-state index contributed by atoms with van der Waals surface area (Å²) in [5.41, 5.74) is 5.69. The highest BCUT2D eigenvalue weighted by Gasteiger charge is 2.32. The number of hydrogen-bond acceptors (Lipinski definition) is 2. The number of nitrogens with one attached hydrogen (secondary N) is 1. The largest absolute Gasteiger partial charge is 0.326 e. The fourth-order valence-electron chi connectivity index (χ4n) is 3.93. The molecule has 31 heavy (non-hydrogen) atoms. The molecule has 0 saturated heterocycles. The van der Waals surface area contributed by atoms with Crippen LogP contribution in [0.15, 0.2) is 72.8 Å². The zero-order valence-electron chi connectivity index (χ0n) is 18.3. The van der Waals surface area contributed by atoms with E-state index < -0.39 is 5.41 Å². The van der Waals surface area contributed by atoms with Gasteiger partial charge in [-0.15, -0.1) is 0 Å². The molecule has 0 fully saturated rings. The summed E-state index contributed by atoms with van der Waals surface area (Å²) in [5.74, 6) is 0.0787. The first-order chi connectivity index (χ1) is 14.8. The molecular formula is C27H28N2O2. The van der Waals surface area contributed by atoms with E-state index in [2.05, 4.69) is 17.4 Å². The molecule has 4 heteroatoms. The van der Waals surface area contributed by atoms with Crippen molar-refractivity contribution in [2.45, 2.75) is 33.6 Å². The molecule has 158 valence electrons. The normalized spacial score (nSPS) is 13.1. The first-order valence-corrected chi connectivity index (χ1v) is 10.7. The van der Waals surface area contributed by atoms with E-state index >= 15 is 0 Å². The van der Waals surface area contributed by atoms with Gasteiger partial charge in [-0.05, 0) is 46.9 Å². The fraction of sp³-hybridized carbons (Fsp3) is 0.259. The van der Waals surface area contributed by atoms with Gasteiger partial charge in [-0.3, -0.25) is 9.59 Å². The van der Waals surface area contributed by atoms with Crippen LogP contribution in [-0.4, -0.2) is 18.4 Å². The van der Waals surface area contributed by atoms with E-state index in [0.29, 0.717) is 13.0 Å². The van der Waals surface area contributed by atoms with Crippen molar-refractivity contribution in [2.24, 2.45) is 5.41 Å². The minimum Gasteiger partial charge on any atom is -0.326 e. The molecule has 2 amide bonds. The molecule has 1 N–H and O–H groups in total. The van der Waals surface area contributed by atoms with Crippen LogP contribution >= 0.6 is 0 Å². The van der Waals surface area contributed by atoms with E-state index in [1.165, 1.54) is 0 Å². The summed E-state index contributed by atoms with van der Waals surface area (Å²) < 4.78 is 0. The molecule has 0 radical (unpaired) electrons. The number of rotatable bonds is 4. The minimum absolute atomic E-state index is 0.0481. The number of benzene rings is 3. The predicted octanol–water partition coefficient (Wildman–Crippen LogP) is 5.47. The minimum atomic E-state index is -0.412. The van der Waals surface area contributed by atoms with Crippen LogP contribution in [0.25, 0.3) is 11.1 Å². The highest BCUT2D eigenvalue weighted by Crippen LogP contribution is 2.33. The van der Waals surface area contributed by atoms with E-state index in [0.717, 1.165) is 40.0 Å². The van der Waals surface area contributed by atoms with Gasteiger partial charge in [-0.1, -0.05) is 75.4 Å². The molecule has 0 saturated carbocycles. The van der Waals surface area contributed by atoms with Gasteiger partial charge < -0.3 is 10.2 Å². The monoisotopic (exact) mass is 412 g/mol.